The van der Waals surface area contributed by atoms with Crippen LogP contribution in [0.5, 0.6) is 0 Å². The van der Waals surface area contributed by atoms with E-state index >= 15 is 0 Å². The quantitative estimate of drug-likeness (QED) is 0.859. The van der Waals surface area contributed by atoms with E-state index in [1.165, 1.54) is 0 Å². The highest BCUT2D eigenvalue weighted by atomic mass is 79.9. The second-order valence-corrected chi connectivity index (χ2v) is 7.56. The van der Waals surface area contributed by atoms with Crippen LogP contribution in [0.15, 0.2) is 18.2 Å². The van der Waals surface area contributed by atoms with Gasteiger partial charge < -0.3 is 5.32 Å². The lowest BCUT2D eigenvalue weighted by atomic mass is 10.2. The Labute approximate surface area is 112 Å². The maximum atomic E-state index is 11.8. The van der Waals surface area contributed by atoms with E-state index in [9.17, 15) is 4.79 Å². The molecule has 90 valence electrons. The van der Waals surface area contributed by atoms with Gasteiger partial charge in [0.25, 0.3) is 0 Å². The predicted molar refractivity (Wildman–Crippen MR) is 76.0 cm³/mol. The summed E-state index contributed by atoms with van der Waals surface area (Å²) in [7, 11) is 0. The molecule has 1 amide bonds. The van der Waals surface area contributed by atoms with Gasteiger partial charge in [0.2, 0.25) is 5.91 Å². The fraction of sp³-hybridized carbons (Fsp3) is 0.333. The van der Waals surface area contributed by atoms with Crippen LogP contribution in [-0.2, 0) is 4.79 Å². The lowest BCUT2D eigenvalue weighted by Gasteiger charge is -2.15. The molecular weight excluding hydrogens is 300 g/mol. The van der Waals surface area contributed by atoms with E-state index in [1.54, 1.807) is 11.3 Å². The van der Waals surface area contributed by atoms with E-state index in [0.717, 1.165) is 20.9 Å². The first-order chi connectivity index (χ1) is 7.86. The van der Waals surface area contributed by atoms with Gasteiger partial charge in [-0.15, -0.1) is 11.3 Å². The van der Waals surface area contributed by atoms with Gasteiger partial charge in [0.1, 0.15) is 0 Å². The lowest BCUT2D eigenvalue weighted by molar-refractivity contribution is -0.117. The molecular formula is C12H13BrN2OS. The van der Waals surface area contributed by atoms with Crippen molar-refractivity contribution >= 4 is 49.1 Å². The number of benzene rings is 1. The molecule has 2 aromatic rings. The van der Waals surface area contributed by atoms with Gasteiger partial charge in [0, 0.05) is 5.69 Å². The normalized spacial score (nSPS) is 11.8. The molecule has 0 saturated carbocycles. The summed E-state index contributed by atoms with van der Waals surface area (Å²) in [5, 5.41) is 3.91. The number of hydrogen-bond acceptors (Lipinski definition) is 3. The van der Waals surface area contributed by atoms with Gasteiger partial charge in [-0.05, 0) is 39.0 Å². The molecule has 0 aliphatic carbocycles. The number of thiazole rings is 1. The Hall–Kier alpha value is -0.940. The highest BCUT2D eigenvalue weighted by molar-refractivity contribution is 9.10. The van der Waals surface area contributed by atoms with Crippen molar-refractivity contribution in [3.8, 4) is 0 Å². The van der Waals surface area contributed by atoms with Crippen molar-refractivity contribution in [3.63, 3.8) is 0 Å². The molecule has 0 fully saturated rings. The van der Waals surface area contributed by atoms with Crippen LogP contribution in [-0.4, -0.2) is 15.2 Å². The van der Waals surface area contributed by atoms with Crippen LogP contribution in [0.25, 0.3) is 10.2 Å². The van der Waals surface area contributed by atoms with Crippen LogP contribution in [0.2, 0.25) is 0 Å². The fourth-order valence-corrected chi connectivity index (χ4v) is 2.36. The summed E-state index contributed by atoms with van der Waals surface area (Å²) in [6.45, 7) is 5.61. The highest BCUT2D eigenvalue weighted by Crippen LogP contribution is 2.26. The number of carbonyl (C=O) groups excluding carboxylic acids is 1. The van der Waals surface area contributed by atoms with Crippen LogP contribution in [0.1, 0.15) is 18.9 Å². The zero-order valence-corrected chi connectivity index (χ0v) is 12.3. The van der Waals surface area contributed by atoms with E-state index < -0.39 is 4.32 Å². The zero-order chi connectivity index (χ0) is 12.6. The Kier molecular flexibility index (Phi) is 3.23. The van der Waals surface area contributed by atoms with Crippen LogP contribution in [0.3, 0.4) is 0 Å². The predicted octanol–water partition coefficient (Wildman–Crippen LogP) is 3.72. The minimum absolute atomic E-state index is 0.0573. The highest BCUT2D eigenvalue weighted by Gasteiger charge is 2.23. The summed E-state index contributed by atoms with van der Waals surface area (Å²) in [4.78, 5) is 16.2. The first-order valence-corrected chi connectivity index (χ1v) is 6.85. The molecule has 0 radical (unpaired) electrons. The second kappa shape index (κ2) is 4.38. The van der Waals surface area contributed by atoms with Gasteiger partial charge in [-0.1, -0.05) is 15.9 Å². The Bertz CT molecular complexity index is 571. The molecule has 17 heavy (non-hydrogen) atoms. The van der Waals surface area contributed by atoms with Crippen molar-refractivity contribution in [1.82, 2.24) is 4.98 Å². The fourth-order valence-electron chi connectivity index (χ4n) is 1.40. The maximum Gasteiger partial charge on any atom is 0.240 e. The standard InChI is InChI=1S/C12H13BrN2OS/c1-7-14-9-5-4-8(6-10(9)17-7)15-11(16)12(2,3)13/h4-6H,1-3H3,(H,15,16). The van der Waals surface area contributed by atoms with Crippen LogP contribution >= 0.6 is 27.3 Å². The van der Waals surface area contributed by atoms with Crippen molar-refractivity contribution in [3.05, 3.63) is 23.2 Å². The summed E-state index contributed by atoms with van der Waals surface area (Å²) >= 11 is 4.96. The molecule has 1 heterocycles. The topological polar surface area (TPSA) is 42.0 Å². The number of amides is 1. The number of halogens is 1. The monoisotopic (exact) mass is 312 g/mol. The number of carbonyl (C=O) groups is 1. The number of nitrogens with one attached hydrogen (secondary N) is 1. The molecule has 1 aromatic carbocycles. The first-order valence-electron chi connectivity index (χ1n) is 5.24. The third kappa shape index (κ3) is 2.84. The second-order valence-electron chi connectivity index (χ2n) is 4.34. The minimum atomic E-state index is -0.564. The SMILES string of the molecule is Cc1nc2ccc(NC(=O)C(C)(C)Br)cc2s1. The van der Waals surface area contributed by atoms with Gasteiger partial charge in [-0.25, -0.2) is 4.98 Å². The van der Waals surface area contributed by atoms with Crippen LogP contribution in [0, 0.1) is 6.92 Å². The number of hydrogen-bond donors (Lipinski definition) is 1. The Morgan fingerprint density at radius 2 is 2.18 bits per heavy atom. The van der Waals surface area contributed by atoms with Crippen LogP contribution < -0.4 is 5.32 Å². The molecule has 0 saturated heterocycles. The molecule has 1 N–H and O–H groups in total. The van der Waals surface area contributed by atoms with Crippen molar-refractivity contribution in [2.75, 3.05) is 5.32 Å². The van der Waals surface area contributed by atoms with Crippen molar-refractivity contribution in [2.24, 2.45) is 0 Å². The molecule has 5 heteroatoms. The number of aryl methyl sites for hydroxylation is 1. The summed E-state index contributed by atoms with van der Waals surface area (Å²) in [6, 6.07) is 5.75. The molecule has 0 spiro atoms. The molecule has 0 atom stereocenters. The van der Waals surface area contributed by atoms with E-state index in [4.69, 9.17) is 0 Å². The third-order valence-electron chi connectivity index (χ3n) is 2.29. The van der Waals surface area contributed by atoms with Gasteiger partial charge in [0.15, 0.2) is 0 Å². The Morgan fingerprint density at radius 3 is 2.82 bits per heavy atom. The van der Waals surface area contributed by atoms with Crippen molar-refractivity contribution in [2.45, 2.75) is 25.1 Å². The third-order valence-corrected chi connectivity index (χ3v) is 3.59. The number of anilines is 1. The Balaban J connectivity index is 2.28. The summed E-state index contributed by atoms with van der Waals surface area (Å²) in [5.41, 5.74) is 1.78. The van der Waals surface area contributed by atoms with Gasteiger partial charge in [-0.2, -0.15) is 0 Å². The largest absolute Gasteiger partial charge is 0.325 e. The van der Waals surface area contributed by atoms with E-state index in [2.05, 4.69) is 26.2 Å². The van der Waals surface area contributed by atoms with Crippen molar-refractivity contribution < 1.29 is 4.79 Å². The molecule has 3 nitrogen and oxygen atoms in total. The first kappa shape index (κ1) is 12.5. The molecule has 0 unspecified atom stereocenters. The number of alkyl halides is 1. The van der Waals surface area contributed by atoms with Crippen molar-refractivity contribution in [1.29, 1.82) is 0 Å². The summed E-state index contributed by atoms with van der Waals surface area (Å²) < 4.78 is 0.527. The maximum absolute atomic E-state index is 11.8. The van der Waals surface area contributed by atoms with E-state index in [-0.39, 0.29) is 5.91 Å². The molecule has 0 aliphatic rings. The smallest absolute Gasteiger partial charge is 0.240 e. The zero-order valence-electron chi connectivity index (χ0n) is 9.87. The summed E-state index contributed by atoms with van der Waals surface area (Å²) in [6.07, 6.45) is 0. The summed E-state index contributed by atoms with van der Waals surface area (Å²) in [5.74, 6) is -0.0573. The molecule has 0 bridgehead atoms. The van der Waals surface area contributed by atoms with E-state index in [0.29, 0.717) is 0 Å². The number of rotatable bonds is 2. The average Bonchev–Trinajstić information content (AvgIpc) is 2.55. The number of aromatic nitrogens is 1. The molecule has 2 rings (SSSR count). The molecule has 0 aliphatic heterocycles. The molecule has 1 aromatic heterocycles. The van der Waals surface area contributed by atoms with Gasteiger partial charge in [-0.3, -0.25) is 4.79 Å². The number of fused-ring (bicyclic) bond motifs is 1. The van der Waals surface area contributed by atoms with Crippen LogP contribution in [0.4, 0.5) is 5.69 Å². The lowest BCUT2D eigenvalue weighted by Crippen LogP contribution is -2.30. The average molecular weight is 313 g/mol. The number of nitrogens with zero attached hydrogens (tertiary/aromatic N) is 1. The van der Waals surface area contributed by atoms with Gasteiger partial charge in [0.05, 0.1) is 19.5 Å². The van der Waals surface area contributed by atoms with Gasteiger partial charge >= 0.3 is 0 Å². The minimum Gasteiger partial charge on any atom is -0.325 e. The van der Waals surface area contributed by atoms with E-state index in [1.807, 2.05) is 39.0 Å². The Morgan fingerprint density at radius 1 is 1.47 bits per heavy atom.